The van der Waals surface area contributed by atoms with Crippen LogP contribution in [0.5, 0.6) is 11.5 Å². The molecule has 0 radical (unpaired) electrons. The third-order valence-corrected chi connectivity index (χ3v) is 7.03. The average molecular weight is 597 g/mol. The molecule has 1 saturated heterocycles. The molecular weight excluding hydrogens is 566 g/mol. The second-order valence-electron chi connectivity index (χ2n) is 9.86. The molecule has 1 aliphatic heterocycles. The van der Waals surface area contributed by atoms with Gasteiger partial charge >= 0.3 is 12.7 Å². The zero-order valence-corrected chi connectivity index (χ0v) is 22.7. The molecule has 0 spiro atoms. The van der Waals surface area contributed by atoms with Crippen LogP contribution in [0, 0.1) is 5.92 Å². The summed E-state index contributed by atoms with van der Waals surface area (Å²) < 4.78 is 84.0. The van der Waals surface area contributed by atoms with E-state index in [2.05, 4.69) is 19.5 Å². The second kappa shape index (κ2) is 13.0. The number of oxime groups is 1. The Morgan fingerprint density at radius 2 is 1.26 bits per heavy atom. The molecule has 3 aromatic carbocycles. The van der Waals surface area contributed by atoms with Crippen LogP contribution >= 0.6 is 0 Å². The van der Waals surface area contributed by atoms with E-state index in [-0.39, 0.29) is 5.92 Å². The van der Waals surface area contributed by atoms with Crippen molar-refractivity contribution in [3.63, 3.8) is 0 Å². The van der Waals surface area contributed by atoms with Gasteiger partial charge in [-0.3, -0.25) is 4.90 Å². The Morgan fingerprint density at radius 3 is 1.69 bits per heavy atom. The summed E-state index contributed by atoms with van der Waals surface area (Å²) in [4.78, 5) is 7.20. The number of aliphatic hydroxyl groups is 1. The molecule has 4 rings (SSSR count). The van der Waals surface area contributed by atoms with Gasteiger partial charge in [0, 0.05) is 6.54 Å². The van der Waals surface area contributed by atoms with E-state index in [0.717, 1.165) is 35.4 Å². The highest BCUT2D eigenvalue weighted by atomic mass is 19.4. The summed E-state index contributed by atoms with van der Waals surface area (Å²) in [5.74, 6) is -1.28. The van der Waals surface area contributed by atoms with Crippen molar-refractivity contribution in [1.82, 2.24) is 4.90 Å². The average Bonchev–Trinajstić information content (AvgIpc) is 2.93. The van der Waals surface area contributed by atoms with Crippen LogP contribution in [0.1, 0.15) is 42.0 Å². The summed E-state index contributed by atoms with van der Waals surface area (Å²) in [6.45, 7) is 4.23. The summed E-state index contributed by atoms with van der Waals surface area (Å²) in [5, 5.41) is 16.0. The van der Waals surface area contributed by atoms with Crippen LogP contribution in [-0.2, 0) is 17.0 Å². The maximum atomic E-state index is 12.7. The molecule has 0 aromatic heterocycles. The first-order chi connectivity index (χ1) is 19.9. The molecule has 0 amide bonds. The van der Waals surface area contributed by atoms with Gasteiger partial charge < -0.3 is 19.4 Å². The van der Waals surface area contributed by atoms with Crippen LogP contribution < -0.4 is 9.47 Å². The number of hydrogen-bond acceptors (Lipinski definition) is 6. The molecule has 1 aliphatic rings. The highest BCUT2D eigenvalue weighted by Gasteiger charge is 2.42. The number of benzene rings is 3. The van der Waals surface area contributed by atoms with E-state index in [4.69, 9.17) is 4.84 Å². The molecule has 0 aliphatic carbocycles. The van der Waals surface area contributed by atoms with Crippen LogP contribution in [0.3, 0.4) is 0 Å². The Morgan fingerprint density at radius 1 is 0.786 bits per heavy atom. The maximum Gasteiger partial charge on any atom is 0.573 e. The van der Waals surface area contributed by atoms with Crippen molar-refractivity contribution in [2.45, 2.75) is 44.6 Å². The van der Waals surface area contributed by atoms with Gasteiger partial charge in [-0.15, -0.1) is 26.3 Å². The normalized spacial score (nSPS) is 15.6. The Bertz CT molecular complexity index is 1240. The summed E-state index contributed by atoms with van der Waals surface area (Å²) in [5.41, 5.74) is 0.877. The number of piperidine rings is 1. The fourth-order valence-corrected chi connectivity index (χ4v) is 5.11. The fraction of sp³-hybridized carbons (Fsp3) is 0.367. The van der Waals surface area contributed by atoms with Gasteiger partial charge in [0.1, 0.15) is 23.7 Å². The first-order valence-corrected chi connectivity index (χ1v) is 13.3. The van der Waals surface area contributed by atoms with E-state index in [1.165, 1.54) is 24.3 Å². The predicted octanol–water partition coefficient (Wildman–Crippen LogP) is 7.00. The third-order valence-electron chi connectivity index (χ3n) is 7.03. The first-order valence-electron chi connectivity index (χ1n) is 13.3. The zero-order valence-electron chi connectivity index (χ0n) is 22.7. The van der Waals surface area contributed by atoms with E-state index in [0.29, 0.717) is 50.2 Å². The van der Waals surface area contributed by atoms with Gasteiger partial charge in [-0.05, 0) is 85.3 Å². The molecule has 0 atom stereocenters. The monoisotopic (exact) mass is 596 g/mol. The number of alkyl halides is 6. The highest BCUT2D eigenvalue weighted by molar-refractivity contribution is 5.79. The van der Waals surface area contributed by atoms with Crippen molar-refractivity contribution < 1.29 is 45.8 Å². The minimum absolute atomic E-state index is 0.296. The van der Waals surface area contributed by atoms with Crippen molar-refractivity contribution in [3.05, 3.63) is 95.1 Å². The molecule has 3 aromatic rings. The number of halogens is 6. The van der Waals surface area contributed by atoms with Gasteiger partial charge in [-0.25, -0.2) is 0 Å². The van der Waals surface area contributed by atoms with Crippen molar-refractivity contribution in [2.24, 2.45) is 11.1 Å². The van der Waals surface area contributed by atoms with Crippen molar-refractivity contribution in [2.75, 3.05) is 19.7 Å². The summed E-state index contributed by atoms with van der Waals surface area (Å²) >= 11 is 0. The topological polar surface area (TPSA) is 63.5 Å². The number of nitrogens with zero attached hydrogens (tertiary/aromatic N) is 2. The van der Waals surface area contributed by atoms with E-state index in [1.807, 2.05) is 31.2 Å². The van der Waals surface area contributed by atoms with Crippen LogP contribution in [0.2, 0.25) is 0 Å². The van der Waals surface area contributed by atoms with Crippen LogP contribution in [0.4, 0.5) is 26.3 Å². The van der Waals surface area contributed by atoms with Gasteiger partial charge in [0.05, 0.1) is 6.21 Å². The molecule has 0 bridgehead atoms. The number of likely N-dealkylation sites (tertiary alicyclic amines) is 1. The molecular formula is C30H30F6N2O4. The lowest BCUT2D eigenvalue weighted by Crippen LogP contribution is -2.44. The standard InChI is InChI=1S/C30H30F6N2O4/c1-2-40-37-19-21-3-5-22(6-4-21)20-38-17-15-25(16-18-38)28(39,23-7-11-26(12-8-23)41-29(31,32)33)24-9-13-27(14-10-24)42-30(34,35)36/h3-14,19,25,39H,2,15-18,20H2,1H3. The van der Waals surface area contributed by atoms with E-state index in [1.54, 1.807) is 6.21 Å². The van der Waals surface area contributed by atoms with E-state index in [9.17, 15) is 31.4 Å². The SMILES string of the molecule is CCON=Cc1ccc(CN2CCC(C(O)(c3ccc(OC(F)(F)F)cc3)c3ccc(OC(F)(F)F)cc3)CC2)cc1. The summed E-state index contributed by atoms with van der Waals surface area (Å²) in [6.07, 6.45) is -7.08. The Labute approximate surface area is 239 Å². The molecule has 42 heavy (non-hydrogen) atoms. The van der Waals surface area contributed by atoms with Gasteiger partial charge in [-0.1, -0.05) is 53.7 Å². The quantitative estimate of drug-likeness (QED) is 0.155. The van der Waals surface area contributed by atoms with Gasteiger partial charge in [0.2, 0.25) is 0 Å². The largest absolute Gasteiger partial charge is 0.573 e. The Hall–Kier alpha value is -3.77. The lowest BCUT2D eigenvalue weighted by molar-refractivity contribution is -0.275. The second-order valence-corrected chi connectivity index (χ2v) is 9.86. The first kappa shape index (κ1) is 31.2. The molecule has 0 saturated carbocycles. The Balaban J connectivity index is 1.52. The molecule has 0 unspecified atom stereocenters. The van der Waals surface area contributed by atoms with Crippen molar-refractivity contribution in [1.29, 1.82) is 0 Å². The van der Waals surface area contributed by atoms with E-state index >= 15 is 0 Å². The summed E-state index contributed by atoms with van der Waals surface area (Å²) in [6, 6.07) is 17.6. The fourth-order valence-electron chi connectivity index (χ4n) is 5.11. The minimum atomic E-state index is -4.88. The lowest BCUT2D eigenvalue weighted by Gasteiger charge is -2.42. The number of hydrogen-bond donors (Lipinski definition) is 1. The molecule has 1 heterocycles. The predicted molar refractivity (Wildman–Crippen MR) is 143 cm³/mol. The van der Waals surface area contributed by atoms with Crippen molar-refractivity contribution in [3.8, 4) is 11.5 Å². The Kier molecular flexibility index (Phi) is 9.67. The zero-order chi connectivity index (χ0) is 30.4. The lowest BCUT2D eigenvalue weighted by atomic mass is 9.72. The smallest absolute Gasteiger partial charge is 0.406 e. The molecule has 6 nitrogen and oxygen atoms in total. The number of ether oxygens (including phenoxy) is 2. The third kappa shape index (κ3) is 8.39. The molecule has 1 N–H and O–H groups in total. The maximum absolute atomic E-state index is 12.7. The van der Waals surface area contributed by atoms with Crippen molar-refractivity contribution >= 4 is 6.21 Å². The van der Waals surface area contributed by atoms with Crippen LogP contribution in [0.25, 0.3) is 0 Å². The molecule has 12 heteroatoms. The highest BCUT2D eigenvalue weighted by Crippen LogP contribution is 2.43. The van der Waals surface area contributed by atoms with Crippen LogP contribution in [-0.4, -0.2) is 48.6 Å². The van der Waals surface area contributed by atoms with Gasteiger partial charge in [0.15, 0.2) is 0 Å². The van der Waals surface area contributed by atoms with E-state index < -0.39 is 29.8 Å². The van der Waals surface area contributed by atoms with Crippen LogP contribution in [0.15, 0.2) is 78.0 Å². The minimum Gasteiger partial charge on any atom is -0.406 e. The number of rotatable bonds is 10. The summed E-state index contributed by atoms with van der Waals surface area (Å²) in [7, 11) is 0. The van der Waals surface area contributed by atoms with Gasteiger partial charge in [0.25, 0.3) is 0 Å². The molecule has 1 fully saturated rings. The molecule has 226 valence electrons. The van der Waals surface area contributed by atoms with Gasteiger partial charge in [-0.2, -0.15) is 0 Å².